The molecule has 5 N–H and O–H groups in total. The van der Waals surface area contributed by atoms with E-state index >= 15 is 0 Å². The number of nitrogens with zero attached hydrogens (tertiary/aromatic N) is 3. The molecule has 0 radical (unpaired) electrons. The van der Waals surface area contributed by atoms with Crippen LogP contribution in [0.1, 0.15) is 69.4 Å². The normalized spacial score (nSPS) is 14.5. The molecule has 38 heavy (non-hydrogen) atoms. The van der Waals surface area contributed by atoms with E-state index in [1.807, 2.05) is 73.6 Å². The van der Waals surface area contributed by atoms with E-state index in [1.165, 1.54) is 4.90 Å². The second kappa shape index (κ2) is 12.1. The van der Waals surface area contributed by atoms with E-state index in [4.69, 9.17) is 11.5 Å². The first kappa shape index (κ1) is 27.1. The molecular formula is C28H34N6O3S. The van der Waals surface area contributed by atoms with E-state index in [0.717, 1.165) is 54.9 Å². The molecule has 1 saturated carbocycles. The van der Waals surface area contributed by atoms with Gasteiger partial charge in [-0.1, -0.05) is 61.7 Å². The first-order valence-corrected chi connectivity index (χ1v) is 13.5. The molecule has 0 bridgehead atoms. The van der Waals surface area contributed by atoms with Gasteiger partial charge in [0.1, 0.15) is 10.9 Å². The number of amides is 3. The van der Waals surface area contributed by atoms with Gasteiger partial charge in [0.05, 0.1) is 5.69 Å². The minimum Gasteiger partial charge on any atom is -0.395 e. The molecule has 1 aliphatic rings. The van der Waals surface area contributed by atoms with Gasteiger partial charge in [-0.25, -0.2) is 0 Å². The molecule has 200 valence electrons. The van der Waals surface area contributed by atoms with Crippen molar-refractivity contribution < 1.29 is 14.4 Å². The standard InChI is InChI=1S/C28H34N6O3S/c1-33(2)21-15-13-19(14-16-21)24(27(36)31-20-11-7-4-8-12-20)34(17-18-9-5-3-6-10-18)28(37)25-22(29)23(26(30)35)32-38-25/h3,5-6,9-10,13-16,20,24H,4,7-8,11-12,17,29H2,1-2H3,(H2,30,35)(H,31,36)/t24-/m0/s1. The monoisotopic (exact) mass is 534 g/mol. The van der Waals surface area contributed by atoms with E-state index < -0.39 is 17.9 Å². The number of benzene rings is 2. The van der Waals surface area contributed by atoms with Crippen LogP contribution in [0.15, 0.2) is 54.6 Å². The SMILES string of the molecule is CN(C)c1ccc([C@@H](C(=O)NC2CCCCC2)N(Cc2ccccc2)C(=O)c2snc(C(N)=O)c2N)cc1. The number of nitrogens with two attached hydrogens (primary N) is 2. The molecule has 9 nitrogen and oxygen atoms in total. The molecule has 3 aromatic rings. The van der Waals surface area contributed by atoms with E-state index in [1.54, 1.807) is 0 Å². The summed E-state index contributed by atoms with van der Waals surface area (Å²) in [6.45, 7) is 0.154. The van der Waals surface area contributed by atoms with Crippen molar-refractivity contribution in [1.29, 1.82) is 0 Å². The van der Waals surface area contributed by atoms with Crippen LogP contribution in [0, 0.1) is 0 Å². The van der Waals surface area contributed by atoms with Crippen LogP contribution in [0.2, 0.25) is 0 Å². The number of carbonyl (C=O) groups excluding carboxylic acids is 3. The second-order valence-electron chi connectivity index (χ2n) is 9.79. The van der Waals surface area contributed by atoms with Crippen LogP contribution < -0.4 is 21.7 Å². The van der Waals surface area contributed by atoms with Crippen LogP contribution in [0.4, 0.5) is 11.4 Å². The zero-order chi connectivity index (χ0) is 27.2. The summed E-state index contributed by atoms with van der Waals surface area (Å²) in [4.78, 5) is 43.4. The number of nitrogen functional groups attached to an aromatic ring is 1. The van der Waals surface area contributed by atoms with Crippen molar-refractivity contribution in [1.82, 2.24) is 14.6 Å². The Morgan fingerprint density at radius 2 is 1.68 bits per heavy atom. The summed E-state index contributed by atoms with van der Waals surface area (Å²) >= 11 is 0.812. The third-order valence-electron chi connectivity index (χ3n) is 6.85. The molecule has 0 unspecified atom stereocenters. The Hall–Kier alpha value is -3.92. The van der Waals surface area contributed by atoms with E-state index in [0.29, 0.717) is 5.56 Å². The molecule has 1 heterocycles. The fraction of sp³-hybridized carbons (Fsp3) is 0.357. The average Bonchev–Trinajstić information content (AvgIpc) is 3.31. The van der Waals surface area contributed by atoms with Crippen molar-refractivity contribution in [3.8, 4) is 0 Å². The Bertz CT molecular complexity index is 1270. The molecule has 2 aromatic carbocycles. The van der Waals surface area contributed by atoms with Gasteiger partial charge in [0.25, 0.3) is 11.8 Å². The first-order chi connectivity index (χ1) is 18.3. The lowest BCUT2D eigenvalue weighted by atomic mass is 9.94. The van der Waals surface area contributed by atoms with Gasteiger partial charge in [-0.05, 0) is 47.6 Å². The van der Waals surface area contributed by atoms with Crippen LogP contribution >= 0.6 is 11.5 Å². The molecule has 1 atom stereocenters. The van der Waals surface area contributed by atoms with Crippen LogP contribution in [-0.2, 0) is 11.3 Å². The fourth-order valence-corrected chi connectivity index (χ4v) is 5.54. The molecule has 1 aliphatic carbocycles. The van der Waals surface area contributed by atoms with Gasteiger partial charge in [0.2, 0.25) is 5.91 Å². The van der Waals surface area contributed by atoms with E-state index in [-0.39, 0.29) is 34.8 Å². The van der Waals surface area contributed by atoms with Crippen LogP contribution in [0.3, 0.4) is 0 Å². The summed E-state index contributed by atoms with van der Waals surface area (Å²) in [6.07, 6.45) is 5.11. The highest BCUT2D eigenvalue weighted by Gasteiger charge is 2.36. The van der Waals surface area contributed by atoms with E-state index in [9.17, 15) is 14.4 Å². The second-order valence-corrected chi connectivity index (χ2v) is 10.6. The average molecular weight is 535 g/mol. The third kappa shape index (κ3) is 6.13. The smallest absolute Gasteiger partial charge is 0.270 e. The van der Waals surface area contributed by atoms with Gasteiger partial charge in [-0.2, -0.15) is 4.37 Å². The summed E-state index contributed by atoms with van der Waals surface area (Å²) < 4.78 is 4.02. The van der Waals surface area contributed by atoms with Crippen molar-refractivity contribution in [3.05, 3.63) is 76.3 Å². The third-order valence-corrected chi connectivity index (χ3v) is 7.70. The molecule has 0 spiro atoms. The Labute approximate surface area is 227 Å². The molecule has 0 saturated heterocycles. The number of hydrogen-bond donors (Lipinski definition) is 3. The lowest BCUT2D eigenvalue weighted by molar-refractivity contribution is -0.127. The van der Waals surface area contributed by atoms with Gasteiger partial charge >= 0.3 is 0 Å². The molecule has 1 fully saturated rings. The van der Waals surface area contributed by atoms with Crippen LogP contribution in [0.25, 0.3) is 0 Å². The highest BCUT2D eigenvalue weighted by atomic mass is 32.1. The summed E-state index contributed by atoms with van der Waals surface area (Å²) in [7, 11) is 3.88. The molecular weight excluding hydrogens is 500 g/mol. The number of anilines is 2. The number of hydrogen-bond acceptors (Lipinski definition) is 7. The minimum atomic E-state index is -0.931. The Balaban J connectivity index is 1.78. The van der Waals surface area contributed by atoms with Crippen LogP contribution in [-0.4, -0.2) is 47.1 Å². The Morgan fingerprint density at radius 3 is 2.26 bits per heavy atom. The van der Waals surface area contributed by atoms with Gasteiger partial charge < -0.3 is 26.6 Å². The van der Waals surface area contributed by atoms with Gasteiger partial charge in [0.15, 0.2) is 5.69 Å². The molecule has 0 aliphatic heterocycles. The Kier molecular flexibility index (Phi) is 8.62. The quantitative estimate of drug-likeness (QED) is 0.383. The summed E-state index contributed by atoms with van der Waals surface area (Å²) in [5, 5.41) is 3.20. The van der Waals surface area contributed by atoms with E-state index in [2.05, 4.69) is 9.69 Å². The molecule has 3 amide bonds. The topological polar surface area (TPSA) is 135 Å². The summed E-state index contributed by atoms with van der Waals surface area (Å²) in [6, 6.07) is 16.2. The minimum absolute atomic E-state index is 0.0587. The highest BCUT2D eigenvalue weighted by molar-refractivity contribution is 7.09. The maximum absolute atomic E-state index is 14.1. The van der Waals surface area contributed by atoms with Crippen molar-refractivity contribution in [2.24, 2.45) is 5.73 Å². The van der Waals surface area contributed by atoms with Gasteiger partial charge in [-0.3, -0.25) is 14.4 Å². The number of carbonyl (C=O) groups is 3. The number of primary amides is 1. The zero-order valence-electron chi connectivity index (χ0n) is 21.7. The predicted molar refractivity (Wildman–Crippen MR) is 150 cm³/mol. The first-order valence-electron chi connectivity index (χ1n) is 12.7. The molecule has 10 heteroatoms. The van der Waals surface area contributed by atoms with Gasteiger partial charge in [-0.15, -0.1) is 0 Å². The largest absolute Gasteiger partial charge is 0.395 e. The maximum atomic E-state index is 14.1. The number of aromatic nitrogens is 1. The Morgan fingerprint density at radius 1 is 1.03 bits per heavy atom. The number of rotatable bonds is 9. The summed E-state index contributed by atoms with van der Waals surface area (Å²) in [5.74, 6) is -1.55. The maximum Gasteiger partial charge on any atom is 0.270 e. The molecule has 4 rings (SSSR count). The van der Waals surface area contributed by atoms with Crippen molar-refractivity contribution in [2.45, 2.75) is 50.7 Å². The van der Waals surface area contributed by atoms with Crippen LogP contribution in [0.5, 0.6) is 0 Å². The number of nitrogens with one attached hydrogen (secondary N) is 1. The lowest BCUT2D eigenvalue weighted by Crippen LogP contribution is -2.46. The fourth-order valence-electron chi connectivity index (χ4n) is 4.77. The summed E-state index contributed by atoms with van der Waals surface area (Å²) in [5.41, 5.74) is 13.8. The van der Waals surface area contributed by atoms with Crippen molar-refractivity contribution in [3.63, 3.8) is 0 Å². The van der Waals surface area contributed by atoms with Crippen molar-refractivity contribution >= 4 is 40.6 Å². The van der Waals surface area contributed by atoms with Gasteiger partial charge in [0, 0.05) is 32.4 Å². The highest BCUT2D eigenvalue weighted by Crippen LogP contribution is 2.31. The lowest BCUT2D eigenvalue weighted by Gasteiger charge is -2.33. The predicted octanol–water partition coefficient (Wildman–Crippen LogP) is 3.72. The van der Waals surface area contributed by atoms with Crippen molar-refractivity contribution in [2.75, 3.05) is 24.7 Å². The molecule has 1 aromatic heterocycles. The zero-order valence-corrected chi connectivity index (χ0v) is 22.5.